The number of carbonyl (C=O) groups is 3. The van der Waals surface area contributed by atoms with Crippen molar-refractivity contribution in [2.75, 3.05) is 20.7 Å². The van der Waals surface area contributed by atoms with Gasteiger partial charge >= 0.3 is 5.97 Å². The Bertz CT molecular complexity index is 1300. The first-order valence-corrected chi connectivity index (χ1v) is 12.6. The summed E-state index contributed by atoms with van der Waals surface area (Å²) in [5.41, 5.74) is 2.15. The summed E-state index contributed by atoms with van der Waals surface area (Å²) in [7, 11) is 3.39. The van der Waals surface area contributed by atoms with E-state index < -0.39 is 18.0 Å². The summed E-state index contributed by atoms with van der Waals surface area (Å²) in [6.07, 6.45) is 1.56. The number of H-pyrrole nitrogens is 1. The smallest absolute Gasteiger partial charge is 0.308 e. The molecule has 0 bridgehead atoms. The Hall–Kier alpha value is -2.95. The molecule has 1 saturated carbocycles. The lowest BCUT2D eigenvalue weighted by atomic mass is 10.1. The van der Waals surface area contributed by atoms with E-state index >= 15 is 0 Å². The Balaban J connectivity index is 1.32. The lowest BCUT2D eigenvalue weighted by Crippen LogP contribution is -2.48. The third-order valence-electron chi connectivity index (χ3n) is 6.67. The summed E-state index contributed by atoms with van der Waals surface area (Å²) in [6.45, 7) is 1.69. The molecular formula is C24H26ClN5O4S. The van der Waals surface area contributed by atoms with Gasteiger partial charge in [-0.2, -0.15) is 0 Å². The lowest BCUT2D eigenvalue weighted by molar-refractivity contribution is -0.145. The van der Waals surface area contributed by atoms with Crippen molar-refractivity contribution in [2.24, 2.45) is 5.92 Å². The number of thiazole rings is 1. The topological polar surface area (TPSA) is 116 Å². The molecule has 9 nitrogen and oxygen atoms in total. The standard InChI is InChI=1S/C24H26ClN5O4S/c1-30-6-5-16-20(11-30)35-23(29-16)22(32)28-18-10-13(24(33)34-2)9-17(18)27-21(31)19-8-12-7-14(25)3-4-15(12)26-19/h3-4,7-8,13,17-18,26H,5-6,9-11H2,1-2H3,(H,27,31)(H,28,32)/t13?,17-,18-/m1/s1. The van der Waals surface area contributed by atoms with Crippen molar-refractivity contribution in [1.29, 1.82) is 0 Å². The van der Waals surface area contributed by atoms with Crippen molar-refractivity contribution in [3.63, 3.8) is 0 Å². The van der Waals surface area contributed by atoms with Gasteiger partial charge in [-0.3, -0.25) is 14.4 Å². The van der Waals surface area contributed by atoms with E-state index in [0.717, 1.165) is 41.0 Å². The molecule has 5 rings (SSSR count). The first-order chi connectivity index (χ1) is 16.8. The molecule has 184 valence electrons. The number of hydrogen-bond donors (Lipinski definition) is 3. The number of likely N-dealkylation sites (N-methyl/N-ethyl adjacent to an activating group) is 1. The highest BCUT2D eigenvalue weighted by atomic mass is 35.5. The first-order valence-electron chi connectivity index (χ1n) is 11.5. The molecule has 1 aliphatic carbocycles. The van der Waals surface area contributed by atoms with Crippen LogP contribution in [0.5, 0.6) is 0 Å². The van der Waals surface area contributed by atoms with E-state index in [1.807, 2.05) is 13.1 Å². The largest absolute Gasteiger partial charge is 0.469 e. The van der Waals surface area contributed by atoms with Gasteiger partial charge < -0.3 is 25.3 Å². The molecule has 3 atom stereocenters. The summed E-state index contributed by atoms with van der Waals surface area (Å²) in [4.78, 5) is 49.3. The second-order valence-electron chi connectivity index (χ2n) is 9.14. The summed E-state index contributed by atoms with van der Waals surface area (Å²) >= 11 is 7.46. The molecule has 35 heavy (non-hydrogen) atoms. The normalized spacial score (nSPS) is 22.1. The zero-order valence-corrected chi connectivity index (χ0v) is 21.0. The van der Waals surface area contributed by atoms with Gasteiger partial charge in [0.15, 0.2) is 5.01 Å². The van der Waals surface area contributed by atoms with Crippen molar-refractivity contribution < 1.29 is 19.1 Å². The number of amides is 2. The van der Waals surface area contributed by atoms with Crippen LogP contribution >= 0.6 is 22.9 Å². The van der Waals surface area contributed by atoms with Crippen LogP contribution in [0, 0.1) is 5.92 Å². The zero-order valence-electron chi connectivity index (χ0n) is 19.4. The summed E-state index contributed by atoms with van der Waals surface area (Å²) < 4.78 is 4.93. The molecule has 0 radical (unpaired) electrons. The number of carbonyl (C=O) groups excluding carboxylic acids is 3. The predicted octanol–water partition coefficient (Wildman–Crippen LogP) is 2.75. The van der Waals surface area contributed by atoms with Gasteiger partial charge in [0.2, 0.25) is 0 Å². The van der Waals surface area contributed by atoms with Crippen molar-refractivity contribution >= 4 is 51.6 Å². The molecule has 2 aromatic heterocycles. The number of benzene rings is 1. The fourth-order valence-electron chi connectivity index (χ4n) is 4.84. The van der Waals surface area contributed by atoms with Gasteiger partial charge in [-0.1, -0.05) is 11.6 Å². The van der Waals surface area contributed by atoms with Gasteiger partial charge in [0.05, 0.1) is 30.8 Å². The lowest BCUT2D eigenvalue weighted by Gasteiger charge is -2.21. The minimum absolute atomic E-state index is 0.290. The molecule has 1 unspecified atom stereocenters. The Morgan fingerprint density at radius 1 is 1.17 bits per heavy atom. The van der Waals surface area contributed by atoms with Crippen LogP contribution in [0.1, 0.15) is 43.7 Å². The number of rotatable bonds is 5. The van der Waals surface area contributed by atoms with Gasteiger partial charge in [-0.05, 0) is 44.2 Å². The number of fused-ring (bicyclic) bond motifs is 2. The van der Waals surface area contributed by atoms with E-state index in [0.29, 0.717) is 28.6 Å². The maximum atomic E-state index is 13.1. The number of esters is 1. The average Bonchev–Trinajstić information content (AvgIpc) is 3.54. The molecular weight excluding hydrogens is 490 g/mol. The first kappa shape index (κ1) is 23.8. The van der Waals surface area contributed by atoms with E-state index in [2.05, 4.69) is 25.5 Å². The van der Waals surface area contributed by atoms with Crippen molar-refractivity contribution in [3.05, 3.63) is 50.6 Å². The van der Waals surface area contributed by atoms with Crippen LogP contribution in [0.2, 0.25) is 5.02 Å². The van der Waals surface area contributed by atoms with Crippen molar-refractivity contribution in [3.8, 4) is 0 Å². The quantitative estimate of drug-likeness (QED) is 0.450. The van der Waals surface area contributed by atoms with Crippen LogP contribution in [0.15, 0.2) is 24.3 Å². The third kappa shape index (κ3) is 4.91. The van der Waals surface area contributed by atoms with E-state index in [9.17, 15) is 14.4 Å². The summed E-state index contributed by atoms with van der Waals surface area (Å²) in [6, 6.07) is 6.20. The highest BCUT2D eigenvalue weighted by Crippen LogP contribution is 2.29. The number of aromatic amines is 1. The molecule has 1 aromatic carbocycles. The molecule has 0 spiro atoms. The number of aromatic nitrogens is 2. The zero-order chi connectivity index (χ0) is 24.7. The second-order valence-corrected chi connectivity index (χ2v) is 10.7. The molecule has 2 amide bonds. The molecule has 3 heterocycles. The van der Waals surface area contributed by atoms with E-state index in [1.54, 1.807) is 18.2 Å². The fraction of sp³-hybridized carbons (Fsp3) is 0.417. The average molecular weight is 516 g/mol. The number of halogens is 1. The highest BCUT2D eigenvalue weighted by Gasteiger charge is 2.40. The van der Waals surface area contributed by atoms with E-state index in [-0.39, 0.29) is 17.8 Å². The molecule has 11 heteroatoms. The number of hydrogen-bond acceptors (Lipinski definition) is 7. The van der Waals surface area contributed by atoms with Crippen LogP contribution in [0.25, 0.3) is 10.9 Å². The van der Waals surface area contributed by atoms with Gasteiger partial charge in [-0.15, -0.1) is 11.3 Å². The van der Waals surface area contributed by atoms with Crippen LogP contribution in [-0.4, -0.2) is 65.4 Å². The maximum absolute atomic E-state index is 13.1. The molecule has 0 saturated heterocycles. The van der Waals surface area contributed by atoms with Gasteiger partial charge in [0, 0.05) is 40.3 Å². The van der Waals surface area contributed by atoms with Gasteiger partial charge in [0.25, 0.3) is 11.8 Å². The summed E-state index contributed by atoms with van der Waals surface area (Å²) in [5.74, 6) is -1.38. The minimum atomic E-state index is -0.439. The molecule has 2 aliphatic rings. The molecule has 3 aromatic rings. The Morgan fingerprint density at radius 2 is 1.91 bits per heavy atom. The van der Waals surface area contributed by atoms with Gasteiger partial charge in [-0.25, -0.2) is 4.98 Å². The van der Waals surface area contributed by atoms with Crippen molar-refractivity contribution in [2.45, 2.75) is 37.9 Å². The highest BCUT2D eigenvalue weighted by molar-refractivity contribution is 7.13. The van der Waals surface area contributed by atoms with Gasteiger partial charge in [0.1, 0.15) is 5.69 Å². The second kappa shape index (κ2) is 9.60. The Kier molecular flexibility index (Phi) is 6.52. The van der Waals surface area contributed by atoms with Crippen LogP contribution in [0.3, 0.4) is 0 Å². The van der Waals surface area contributed by atoms with Crippen LogP contribution in [0.4, 0.5) is 0 Å². The van der Waals surface area contributed by atoms with E-state index in [1.165, 1.54) is 18.4 Å². The SMILES string of the molecule is COC(=O)C1C[C@@H](NC(=O)c2cc3cc(Cl)ccc3[nH]2)[C@H](NC(=O)c2nc3c(s2)CN(C)CC3)C1. The van der Waals surface area contributed by atoms with Crippen LogP contribution in [-0.2, 0) is 22.5 Å². The fourth-order valence-corrected chi connectivity index (χ4v) is 6.11. The summed E-state index contributed by atoms with van der Waals surface area (Å²) in [5, 5.41) is 7.82. The number of methoxy groups -OCH3 is 1. The Morgan fingerprint density at radius 3 is 2.66 bits per heavy atom. The molecule has 1 aliphatic heterocycles. The maximum Gasteiger partial charge on any atom is 0.308 e. The number of nitrogens with one attached hydrogen (secondary N) is 3. The Labute approximate surface area is 211 Å². The number of ether oxygens (including phenoxy) is 1. The third-order valence-corrected chi connectivity index (χ3v) is 7.99. The molecule has 1 fully saturated rings. The minimum Gasteiger partial charge on any atom is -0.469 e. The molecule has 3 N–H and O–H groups in total. The van der Waals surface area contributed by atoms with E-state index in [4.69, 9.17) is 16.3 Å². The van der Waals surface area contributed by atoms with Crippen LogP contribution < -0.4 is 10.6 Å². The predicted molar refractivity (Wildman–Crippen MR) is 133 cm³/mol. The monoisotopic (exact) mass is 515 g/mol. The van der Waals surface area contributed by atoms with Crippen molar-refractivity contribution in [1.82, 2.24) is 25.5 Å². The number of nitrogens with zero attached hydrogens (tertiary/aromatic N) is 2.